The maximum atomic E-state index is 13.0. The third kappa shape index (κ3) is 4.13. The molecule has 2 N–H and O–H groups in total. The molecule has 8 heteroatoms. The highest BCUT2D eigenvalue weighted by Crippen LogP contribution is 2.59. The van der Waals surface area contributed by atoms with Crippen LogP contribution in [-0.2, 0) is 9.53 Å². The number of aliphatic hydroxyl groups is 1. The molecule has 1 amide bonds. The van der Waals surface area contributed by atoms with Gasteiger partial charge in [-0.1, -0.05) is 11.6 Å². The molecule has 2 aliphatic carbocycles. The van der Waals surface area contributed by atoms with Crippen LogP contribution < -0.4 is 5.32 Å². The molecular formula is C28H37ClN4O3. The molecular weight excluding hydrogens is 476 g/mol. The molecule has 3 heterocycles. The number of nitrogens with zero attached hydrogens (tertiary/aromatic N) is 3. The van der Waals surface area contributed by atoms with E-state index in [0.29, 0.717) is 42.8 Å². The molecule has 194 valence electrons. The Balaban J connectivity index is 1.15. The maximum absolute atomic E-state index is 13.0. The van der Waals surface area contributed by atoms with E-state index >= 15 is 0 Å². The van der Waals surface area contributed by atoms with E-state index in [9.17, 15) is 9.90 Å². The molecule has 2 saturated carbocycles. The van der Waals surface area contributed by atoms with E-state index in [0.717, 1.165) is 53.7 Å². The van der Waals surface area contributed by atoms with E-state index in [2.05, 4.69) is 47.2 Å². The van der Waals surface area contributed by atoms with Gasteiger partial charge in [-0.15, -0.1) is 0 Å². The van der Waals surface area contributed by atoms with Crippen molar-refractivity contribution in [1.82, 2.24) is 14.8 Å². The molecule has 6 atom stereocenters. The van der Waals surface area contributed by atoms with Gasteiger partial charge in [0, 0.05) is 28.6 Å². The number of aliphatic hydroxyl groups excluding tert-OH is 1. The second kappa shape index (κ2) is 9.21. The Morgan fingerprint density at radius 2 is 1.97 bits per heavy atom. The van der Waals surface area contributed by atoms with Gasteiger partial charge >= 0.3 is 0 Å². The summed E-state index contributed by atoms with van der Waals surface area (Å²) in [5, 5.41) is 16.3. The number of hydrogen-bond acceptors (Lipinski definition) is 6. The SMILES string of the molecule is CN(C)C1CC[C@@H]2[C@H](C(=O)Nc3cc4cc(C5CCN([C@]6(C)COC[C@@H]6O)CC5)c(Cl)cc4cn3)[C@H]12. The first-order valence-electron chi connectivity index (χ1n) is 13.3. The number of carbonyl (C=O) groups is 1. The van der Waals surface area contributed by atoms with Crippen LogP contribution in [-0.4, -0.2) is 83.9 Å². The minimum Gasteiger partial charge on any atom is -0.389 e. The molecule has 1 aromatic carbocycles. The summed E-state index contributed by atoms with van der Waals surface area (Å²) in [6, 6.07) is 6.67. The number of nitrogens with one attached hydrogen (secondary N) is 1. The predicted molar refractivity (Wildman–Crippen MR) is 141 cm³/mol. The maximum Gasteiger partial charge on any atom is 0.229 e. The summed E-state index contributed by atoms with van der Waals surface area (Å²) in [5.41, 5.74) is 0.856. The first kappa shape index (κ1) is 24.6. The van der Waals surface area contributed by atoms with Crippen molar-refractivity contribution in [3.8, 4) is 0 Å². The van der Waals surface area contributed by atoms with Crippen LogP contribution in [0.1, 0.15) is 44.1 Å². The molecule has 0 radical (unpaired) electrons. The molecule has 0 bridgehead atoms. The highest BCUT2D eigenvalue weighted by atomic mass is 35.5. The van der Waals surface area contributed by atoms with Crippen molar-refractivity contribution in [2.45, 2.75) is 56.2 Å². The first-order chi connectivity index (χ1) is 17.3. The van der Waals surface area contributed by atoms with Gasteiger partial charge in [0.15, 0.2) is 0 Å². The molecule has 0 spiro atoms. The zero-order valence-corrected chi connectivity index (χ0v) is 22.2. The number of carbonyl (C=O) groups excluding carboxylic acids is 1. The average Bonchev–Trinajstić information content (AvgIpc) is 3.21. The monoisotopic (exact) mass is 512 g/mol. The van der Waals surface area contributed by atoms with Crippen molar-refractivity contribution in [3.05, 3.63) is 35.0 Å². The van der Waals surface area contributed by atoms with Crippen LogP contribution in [0.5, 0.6) is 0 Å². The molecule has 6 rings (SSSR count). The van der Waals surface area contributed by atoms with Crippen LogP contribution in [0, 0.1) is 17.8 Å². The van der Waals surface area contributed by atoms with Gasteiger partial charge in [-0.05, 0) is 107 Å². The van der Waals surface area contributed by atoms with Crippen LogP contribution >= 0.6 is 11.6 Å². The number of amides is 1. The number of halogens is 1. The molecule has 2 saturated heterocycles. The molecule has 1 aromatic heterocycles. The van der Waals surface area contributed by atoms with E-state index in [-0.39, 0.29) is 17.4 Å². The van der Waals surface area contributed by atoms with Crippen LogP contribution in [0.2, 0.25) is 5.02 Å². The molecule has 4 fully saturated rings. The highest BCUT2D eigenvalue weighted by molar-refractivity contribution is 6.32. The lowest BCUT2D eigenvalue weighted by atomic mass is 9.85. The zero-order valence-electron chi connectivity index (χ0n) is 21.4. The van der Waals surface area contributed by atoms with Gasteiger partial charge in [0.1, 0.15) is 5.82 Å². The minimum atomic E-state index is -0.441. The van der Waals surface area contributed by atoms with E-state index in [1.54, 1.807) is 0 Å². The number of likely N-dealkylation sites (tertiary alicyclic amines) is 1. The smallest absolute Gasteiger partial charge is 0.229 e. The van der Waals surface area contributed by atoms with Crippen LogP contribution in [0.25, 0.3) is 10.8 Å². The number of hydrogen-bond donors (Lipinski definition) is 2. The Labute approximate surface area is 218 Å². The van der Waals surface area contributed by atoms with Gasteiger partial charge in [0.2, 0.25) is 5.91 Å². The topological polar surface area (TPSA) is 77.9 Å². The number of benzene rings is 1. The van der Waals surface area contributed by atoms with Crippen molar-refractivity contribution in [2.75, 3.05) is 45.7 Å². The molecule has 2 aromatic rings. The van der Waals surface area contributed by atoms with Gasteiger partial charge in [-0.3, -0.25) is 9.69 Å². The molecule has 4 aliphatic rings. The van der Waals surface area contributed by atoms with Crippen LogP contribution in [0.4, 0.5) is 5.82 Å². The highest BCUT2D eigenvalue weighted by Gasteiger charge is 2.61. The lowest BCUT2D eigenvalue weighted by Gasteiger charge is -2.43. The van der Waals surface area contributed by atoms with Gasteiger partial charge < -0.3 is 20.1 Å². The van der Waals surface area contributed by atoms with Crippen molar-refractivity contribution in [3.63, 3.8) is 0 Å². The van der Waals surface area contributed by atoms with Crippen molar-refractivity contribution in [2.24, 2.45) is 17.8 Å². The summed E-state index contributed by atoms with van der Waals surface area (Å²) < 4.78 is 5.55. The lowest BCUT2D eigenvalue weighted by Crippen LogP contribution is -2.56. The van der Waals surface area contributed by atoms with Crippen LogP contribution in [0.3, 0.4) is 0 Å². The quantitative estimate of drug-likeness (QED) is 0.635. The standard InChI is InChI=1S/C28H37ClN4O3/c1-28(15-36-14-23(28)34)33-8-6-16(7-9-33)20-10-17-12-24(30-13-18(17)11-21(20)29)31-27(35)26-19-4-5-22(25(19)26)32(2)3/h10-13,16,19,22-23,25-26,34H,4-9,14-15H2,1-3H3,(H,30,31,35)/t19-,22?,23-,25-,26-,28+/m0/s1. The van der Waals surface area contributed by atoms with Gasteiger partial charge in [-0.25, -0.2) is 4.98 Å². The van der Waals surface area contributed by atoms with Crippen LogP contribution in [0.15, 0.2) is 24.4 Å². The summed E-state index contributed by atoms with van der Waals surface area (Å²) >= 11 is 6.74. The minimum absolute atomic E-state index is 0.108. The van der Waals surface area contributed by atoms with E-state index < -0.39 is 6.10 Å². The largest absolute Gasteiger partial charge is 0.389 e. The Morgan fingerprint density at radius 1 is 1.19 bits per heavy atom. The second-order valence-electron chi connectivity index (χ2n) is 11.8. The number of ether oxygens (including phenoxy) is 1. The van der Waals surface area contributed by atoms with Crippen molar-refractivity contribution < 1.29 is 14.6 Å². The van der Waals surface area contributed by atoms with E-state index in [4.69, 9.17) is 16.3 Å². The van der Waals surface area contributed by atoms with Gasteiger partial charge in [0.05, 0.1) is 24.9 Å². The zero-order chi connectivity index (χ0) is 25.2. The summed E-state index contributed by atoms with van der Waals surface area (Å²) in [6.07, 6.45) is 5.67. The molecule has 7 nitrogen and oxygen atoms in total. The number of aromatic nitrogens is 1. The van der Waals surface area contributed by atoms with E-state index in [1.165, 1.54) is 6.42 Å². The summed E-state index contributed by atoms with van der Waals surface area (Å²) in [7, 11) is 4.23. The Bertz CT molecular complexity index is 1170. The lowest BCUT2D eigenvalue weighted by molar-refractivity contribution is -0.118. The Kier molecular flexibility index (Phi) is 6.28. The van der Waals surface area contributed by atoms with Crippen molar-refractivity contribution >= 4 is 34.1 Å². The normalized spacial score (nSPS) is 34.9. The fraction of sp³-hybridized carbons (Fsp3) is 0.643. The number of fused-ring (bicyclic) bond motifs is 2. The summed E-state index contributed by atoms with van der Waals surface area (Å²) in [4.78, 5) is 22.2. The summed E-state index contributed by atoms with van der Waals surface area (Å²) in [5.74, 6) is 2.20. The third-order valence-electron chi connectivity index (χ3n) is 9.57. The Morgan fingerprint density at radius 3 is 2.67 bits per heavy atom. The first-order valence-corrected chi connectivity index (χ1v) is 13.7. The van der Waals surface area contributed by atoms with Gasteiger partial charge in [0.25, 0.3) is 0 Å². The number of pyridine rings is 1. The molecule has 1 unspecified atom stereocenters. The van der Waals surface area contributed by atoms with Gasteiger partial charge in [-0.2, -0.15) is 0 Å². The Hall–Kier alpha value is -1.77. The number of piperidine rings is 1. The molecule has 2 aliphatic heterocycles. The summed E-state index contributed by atoms with van der Waals surface area (Å²) in [6.45, 7) is 4.91. The second-order valence-corrected chi connectivity index (χ2v) is 12.2. The third-order valence-corrected chi connectivity index (χ3v) is 9.90. The van der Waals surface area contributed by atoms with Crippen molar-refractivity contribution in [1.29, 1.82) is 0 Å². The average molecular weight is 513 g/mol. The van der Waals surface area contributed by atoms with E-state index in [1.807, 2.05) is 18.3 Å². The molecule has 36 heavy (non-hydrogen) atoms. The fourth-order valence-electron chi connectivity index (χ4n) is 7.25. The number of anilines is 1. The fourth-order valence-corrected chi connectivity index (χ4v) is 7.58. The predicted octanol–water partition coefficient (Wildman–Crippen LogP) is 3.74. The number of rotatable bonds is 5.